The molecule has 182 valence electrons. The Morgan fingerprint density at radius 3 is 2.82 bits per heavy atom. The maximum Gasteiger partial charge on any atom is 0.241 e. The molecule has 1 aliphatic heterocycles. The molecule has 1 fully saturated rings. The van der Waals surface area contributed by atoms with Gasteiger partial charge in [-0.2, -0.15) is 10.2 Å². The molecule has 0 radical (unpaired) electrons. The minimum absolute atomic E-state index is 0.0155. The van der Waals surface area contributed by atoms with Crippen molar-refractivity contribution in [3.05, 3.63) is 47.0 Å². The van der Waals surface area contributed by atoms with Gasteiger partial charge < -0.3 is 10.1 Å². The number of aryl methyl sites for hydroxylation is 1. The summed E-state index contributed by atoms with van der Waals surface area (Å²) in [4.78, 5) is -0.0155. The molecule has 3 aromatic rings. The standard InChI is InChI=1S/C23H29FN6O3S/c1-23(2,3)16-12-25-30(4)22(16)33-14-6-5-13(9-14)18-10-20(29-28-18)27-17-7-8-19-15(21(17)24)11-26-34(19,31)32/h7-8,10,12-14,26H,5-6,9,11H2,1-4H3,(H2,27,28,29)/t13-,14+/m0/s1. The number of anilines is 2. The van der Waals surface area contributed by atoms with Gasteiger partial charge in [-0.15, -0.1) is 0 Å². The largest absolute Gasteiger partial charge is 0.474 e. The smallest absolute Gasteiger partial charge is 0.241 e. The van der Waals surface area contributed by atoms with E-state index >= 15 is 0 Å². The zero-order valence-corrected chi connectivity index (χ0v) is 20.5. The van der Waals surface area contributed by atoms with Gasteiger partial charge in [0.1, 0.15) is 6.10 Å². The molecule has 3 heterocycles. The number of aromatic nitrogens is 4. The first-order chi connectivity index (χ1) is 16.0. The minimum atomic E-state index is -3.62. The number of benzene rings is 1. The van der Waals surface area contributed by atoms with Crippen LogP contribution in [0, 0.1) is 5.82 Å². The van der Waals surface area contributed by atoms with Crippen molar-refractivity contribution in [2.75, 3.05) is 5.32 Å². The number of hydrogen-bond donors (Lipinski definition) is 3. The van der Waals surface area contributed by atoms with Gasteiger partial charge in [-0.25, -0.2) is 22.2 Å². The Bertz CT molecular complexity index is 1340. The average molecular weight is 489 g/mol. The number of halogens is 1. The lowest BCUT2D eigenvalue weighted by molar-refractivity contribution is 0.186. The highest BCUT2D eigenvalue weighted by Crippen LogP contribution is 2.39. The van der Waals surface area contributed by atoms with E-state index in [4.69, 9.17) is 4.74 Å². The van der Waals surface area contributed by atoms with Gasteiger partial charge in [-0.1, -0.05) is 20.8 Å². The second-order valence-electron chi connectivity index (χ2n) is 10.0. The van der Waals surface area contributed by atoms with Gasteiger partial charge in [-0.3, -0.25) is 5.10 Å². The highest BCUT2D eigenvalue weighted by atomic mass is 32.2. The Morgan fingerprint density at radius 1 is 1.26 bits per heavy atom. The molecule has 5 rings (SSSR count). The fourth-order valence-corrected chi connectivity index (χ4v) is 5.90. The van der Waals surface area contributed by atoms with E-state index in [0.29, 0.717) is 5.82 Å². The number of aromatic amines is 1. The zero-order valence-electron chi connectivity index (χ0n) is 19.6. The number of sulfonamides is 1. The van der Waals surface area contributed by atoms with Gasteiger partial charge in [0.15, 0.2) is 11.6 Å². The van der Waals surface area contributed by atoms with Crippen LogP contribution in [0.25, 0.3) is 0 Å². The number of rotatable bonds is 5. The fourth-order valence-electron chi connectivity index (χ4n) is 4.68. The maximum atomic E-state index is 14.9. The molecule has 0 bridgehead atoms. The molecule has 9 nitrogen and oxygen atoms in total. The van der Waals surface area contributed by atoms with Crippen molar-refractivity contribution >= 4 is 21.5 Å². The van der Waals surface area contributed by atoms with Gasteiger partial charge in [0.05, 0.1) is 16.8 Å². The van der Waals surface area contributed by atoms with E-state index in [2.05, 4.69) is 46.1 Å². The van der Waals surface area contributed by atoms with Crippen molar-refractivity contribution in [1.29, 1.82) is 0 Å². The summed E-state index contributed by atoms with van der Waals surface area (Å²) >= 11 is 0. The third kappa shape index (κ3) is 4.07. The molecular formula is C23H29FN6O3S. The fraction of sp³-hybridized carbons (Fsp3) is 0.478. The van der Waals surface area contributed by atoms with E-state index in [1.54, 1.807) is 4.68 Å². The number of ether oxygens (including phenoxy) is 1. The van der Waals surface area contributed by atoms with E-state index in [1.807, 2.05) is 19.3 Å². The van der Waals surface area contributed by atoms with Crippen LogP contribution < -0.4 is 14.8 Å². The number of H-pyrrole nitrogens is 1. The van der Waals surface area contributed by atoms with Crippen molar-refractivity contribution in [2.24, 2.45) is 7.05 Å². The lowest BCUT2D eigenvalue weighted by Gasteiger charge is -2.21. The topological polar surface area (TPSA) is 114 Å². The summed E-state index contributed by atoms with van der Waals surface area (Å²) in [6.45, 7) is 6.38. The molecule has 3 N–H and O–H groups in total. The summed E-state index contributed by atoms with van der Waals surface area (Å²) in [6, 6.07) is 4.71. The molecule has 11 heteroatoms. The monoisotopic (exact) mass is 488 g/mol. The van der Waals surface area contributed by atoms with E-state index in [-0.39, 0.29) is 40.1 Å². The van der Waals surface area contributed by atoms with Crippen molar-refractivity contribution < 1.29 is 17.5 Å². The van der Waals surface area contributed by atoms with Gasteiger partial charge >= 0.3 is 0 Å². The van der Waals surface area contributed by atoms with Crippen LogP contribution in [-0.4, -0.2) is 34.5 Å². The van der Waals surface area contributed by atoms with Gasteiger partial charge in [-0.05, 0) is 36.8 Å². The van der Waals surface area contributed by atoms with Crippen LogP contribution in [0.3, 0.4) is 0 Å². The highest BCUT2D eigenvalue weighted by Gasteiger charge is 2.32. The van der Waals surface area contributed by atoms with Crippen molar-refractivity contribution in [3.8, 4) is 5.88 Å². The Balaban J connectivity index is 1.27. The second-order valence-corrected chi connectivity index (χ2v) is 11.8. The summed E-state index contributed by atoms with van der Waals surface area (Å²) in [7, 11) is -1.72. The van der Waals surface area contributed by atoms with Crippen LogP contribution in [0.15, 0.2) is 29.3 Å². The van der Waals surface area contributed by atoms with Gasteiger partial charge in [0.25, 0.3) is 0 Å². The second kappa shape index (κ2) is 8.09. The Hall–Kier alpha value is -2.92. The molecule has 0 unspecified atom stereocenters. The summed E-state index contributed by atoms with van der Waals surface area (Å²) < 4.78 is 49.2. The lowest BCUT2D eigenvalue weighted by atomic mass is 9.89. The third-order valence-corrected chi connectivity index (χ3v) is 8.07. The van der Waals surface area contributed by atoms with Gasteiger partial charge in [0.2, 0.25) is 15.9 Å². The van der Waals surface area contributed by atoms with Crippen molar-refractivity contribution in [2.45, 2.75) is 68.9 Å². The lowest BCUT2D eigenvalue weighted by Crippen LogP contribution is -2.18. The number of nitrogens with zero attached hydrogens (tertiary/aromatic N) is 3. The van der Waals surface area contributed by atoms with Crippen LogP contribution in [-0.2, 0) is 29.0 Å². The average Bonchev–Trinajstić information content (AvgIpc) is 3.52. The maximum absolute atomic E-state index is 14.9. The van der Waals surface area contributed by atoms with Gasteiger partial charge in [0, 0.05) is 42.4 Å². The first kappa shape index (κ1) is 22.9. The quantitative estimate of drug-likeness (QED) is 0.503. The molecule has 1 aliphatic carbocycles. The summed E-state index contributed by atoms with van der Waals surface area (Å²) in [5, 5.41) is 14.7. The molecule has 0 spiro atoms. The number of fused-ring (bicyclic) bond motifs is 1. The van der Waals surface area contributed by atoms with Crippen LogP contribution >= 0.6 is 0 Å². The van der Waals surface area contributed by atoms with Crippen LogP contribution in [0.2, 0.25) is 0 Å². The molecule has 1 aromatic carbocycles. The molecule has 0 amide bonds. The van der Waals surface area contributed by atoms with E-state index in [0.717, 1.165) is 36.4 Å². The molecule has 0 saturated heterocycles. The zero-order chi connectivity index (χ0) is 24.3. The predicted molar refractivity (Wildman–Crippen MR) is 125 cm³/mol. The summed E-state index contributed by atoms with van der Waals surface area (Å²) in [6.07, 6.45) is 4.66. The number of hydrogen-bond acceptors (Lipinski definition) is 6. The van der Waals surface area contributed by atoms with Crippen molar-refractivity contribution in [3.63, 3.8) is 0 Å². The SMILES string of the molecule is Cn1ncc(C(C)(C)C)c1O[C@@H]1CC[C@H](c2cc(Nc3ccc4c(c3F)CNS4(=O)=O)n[nH]2)C1. The van der Waals surface area contributed by atoms with Crippen LogP contribution in [0.4, 0.5) is 15.9 Å². The Kier molecular flexibility index (Phi) is 5.44. The van der Waals surface area contributed by atoms with E-state index < -0.39 is 15.8 Å². The molecule has 2 aromatic heterocycles. The Morgan fingerprint density at radius 2 is 2.06 bits per heavy atom. The minimum Gasteiger partial charge on any atom is -0.474 e. The number of nitrogens with one attached hydrogen (secondary N) is 3. The van der Waals surface area contributed by atoms with Crippen LogP contribution in [0.5, 0.6) is 5.88 Å². The summed E-state index contributed by atoms with van der Waals surface area (Å²) in [5.74, 6) is 0.955. The molecule has 34 heavy (non-hydrogen) atoms. The summed E-state index contributed by atoms with van der Waals surface area (Å²) in [5.41, 5.74) is 2.32. The predicted octanol–water partition coefficient (Wildman–Crippen LogP) is 3.83. The molecule has 2 atom stereocenters. The molecule has 2 aliphatic rings. The van der Waals surface area contributed by atoms with E-state index in [1.165, 1.54) is 12.1 Å². The van der Waals surface area contributed by atoms with E-state index in [9.17, 15) is 12.8 Å². The highest BCUT2D eigenvalue weighted by molar-refractivity contribution is 7.89. The third-order valence-electron chi connectivity index (χ3n) is 6.58. The molecule has 1 saturated carbocycles. The first-order valence-electron chi connectivity index (χ1n) is 11.4. The molecular weight excluding hydrogens is 459 g/mol. The first-order valence-corrected chi connectivity index (χ1v) is 12.8. The van der Waals surface area contributed by atoms with Crippen molar-refractivity contribution in [1.82, 2.24) is 24.7 Å². The normalized spacial score (nSPS) is 21.6. The Labute approximate surface area is 198 Å². The van der Waals surface area contributed by atoms with Crippen LogP contribution in [0.1, 0.15) is 62.8 Å².